The second-order valence-corrected chi connectivity index (χ2v) is 18.0. The molecule has 0 saturated heterocycles. The second kappa shape index (κ2) is 24.6. The van der Waals surface area contributed by atoms with Crippen molar-refractivity contribution in [3.8, 4) is 0 Å². The first-order chi connectivity index (χ1) is 33.3. The van der Waals surface area contributed by atoms with Crippen LogP contribution in [0.1, 0.15) is 78.0 Å². The number of rotatable bonds is 27. The lowest BCUT2D eigenvalue weighted by molar-refractivity contribution is -0.709. The molecular weight excluding hydrogens is 965 g/mol. The quantitative estimate of drug-likeness (QED) is 0.0390. The van der Waals surface area contributed by atoms with Crippen LogP contribution in [0.25, 0.3) is 0 Å². The Morgan fingerprint density at radius 3 is 1.60 bits per heavy atom. The number of carboxylic acid groups (broad SMARTS) is 8. The van der Waals surface area contributed by atoms with Gasteiger partial charge < -0.3 is 66.6 Å². The van der Waals surface area contributed by atoms with Crippen LogP contribution in [-0.4, -0.2) is 186 Å². The first-order valence-corrected chi connectivity index (χ1v) is 22.0. The zero-order valence-corrected chi connectivity index (χ0v) is 39.9. The zero-order chi connectivity index (χ0) is 54.6. The van der Waals surface area contributed by atoms with Gasteiger partial charge in [-0.2, -0.15) is 0 Å². The lowest BCUT2D eigenvalue weighted by Crippen LogP contribution is -2.64. The number of aliphatic carboxylic acids is 8. The largest absolute Gasteiger partial charge is 0.481 e. The van der Waals surface area contributed by atoms with E-state index in [2.05, 4.69) is 5.32 Å². The van der Waals surface area contributed by atoms with E-state index in [0.29, 0.717) is 21.4 Å². The molecule has 396 valence electrons. The number of urea groups is 1. The lowest BCUT2D eigenvalue weighted by atomic mass is 9.68. The summed E-state index contributed by atoms with van der Waals surface area (Å²) >= 11 is 0. The number of fused-ring (bicyclic) bond motifs is 2. The fourth-order valence-corrected chi connectivity index (χ4v) is 7.92. The molecule has 30 nitrogen and oxygen atoms in total. The highest BCUT2D eigenvalue weighted by Crippen LogP contribution is 2.41. The van der Waals surface area contributed by atoms with Crippen molar-refractivity contribution in [2.45, 2.75) is 123 Å². The summed E-state index contributed by atoms with van der Waals surface area (Å²) in [5.41, 5.74) is -3.03. The van der Waals surface area contributed by atoms with E-state index in [0.717, 1.165) is 0 Å². The Morgan fingerprint density at radius 1 is 0.639 bits per heavy atom. The predicted molar refractivity (Wildman–Crippen MR) is 235 cm³/mol. The van der Waals surface area contributed by atoms with Gasteiger partial charge >= 0.3 is 53.8 Å². The van der Waals surface area contributed by atoms with E-state index < -0.39 is 172 Å². The first-order valence-electron chi connectivity index (χ1n) is 22.0. The van der Waals surface area contributed by atoms with Crippen LogP contribution in [0, 0.1) is 5.41 Å². The molecule has 5 amide bonds. The van der Waals surface area contributed by atoms with E-state index in [1.807, 2.05) is 10.6 Å². The number of carboxylic acids is 8. The second-order valence-electron chi connectivity index (χ2n) is 18.0. The average Bonchev–Trinajstić information content (AvgIpc) is 3.83. The average molecular weight is 1020 g/mol. The normalized spacial score (nSPS) is 15.0. The van der Waals surface area contributed by atoms with Crippen LogP contribution in [-0.2, 0) is 85.5 Å². The summed E-state index contributed by atoms with van der Waals surface area (Å²) in [6.45, 7) is 2.93. The van der Waals surface area contributed by atoms with E-state index in [-0.39, 0.29) is 19.6 Å². The molecular formula is C42H60N10O20+2. The van der Waals surface area contributed by atoms with E-state index in [1.165, 1.54) is 35.4 Å². The molecule has 0 aromatic carbocycles. The highest BCUT2D eigenvalue weighted by molar-refractivity contribution is 5.88. The number of aromatic nitrogens is 4. The molecule has 72 heavy (non-hydrogen) atoms. The lowest BCUT2D eigenvalue weighted by Gasteiger charge is -2.51. The topological polar surface area (TPSA) is 430 Å². The van der Waals surface area contributed by atoms with Gasteiger partial charge in [-0.1, -0.05) is 13.8 Å². The molecule has 0 saturated carbocycles. The van der Waals surface area contributed by atoms with Crippen LogP contribution in [0.15, 0.2) is 24.8 Å². The predicted octanol–water partition coefficient (Wildman–Crippen LogP) is -3.34. The maximum atomic E-state index is 13.6. The van der Waals surface area contributed by atoms with Gasteiger partial charge in [0.25, 0.3) is 23.5 Å². The Kier molecular flexibility index (Phi) is 19.9. The van der Waals surface area contributed by atoms with Gasteiger partial charge in [-0.05, 0) is 33.6 Å². The summed E-state index contributed by atoms with van der Waals surface area (Å²) in [6.07, 6.45) is 3.68. The number of hydrogen-bond donors (Lipinski definition) is 11. The van der Waals surface area contributed by atoms with Crippen molar-refractivity contribution in [3.05, 3.63) is 36.4 Å². The van der Waals surface area contributed by atoms with E-state index >= 15 is 0 Å². The van der Waals surface area contributed by atoms with Gasteiger partial charge in [0, 0.05) is 23.8 Å². The zero-order valence-electron chi connectivity index (χ0n) is 39.9. The van der Waals surface area contributed by atoms with Gasteiger partial charge in [0.15, 0.2) is 13.1 Å². The first kappa shape index (κ1) is 58.1. The number of carbonyl (C=O) groups is 12. The summed E-state index contributed by atoms with van der Waals surface area (Å²) in [4.78, 5) is 151. The third-order valence-electron chi connectivity index (χ3n) is 12.5. The molecule has 0 spiro atoms. The van der Waals surface area contributed by atoms with Crippen LogP contribution in [0.4, 0.5) is 4.79 Å². The summed E-state index contributed by atoms with van der Waals surface area (Å²) in [5, 5.41) is 82.9. The minimum Gasteiger partial charge on any atom is -0.481 e. The SMILES string of the molecule is CC1C[n+]2ccn(CC(=O)N(CC(=O)O)CC(=O)O)c2CN(C(C)(C)C(C)(C)C(NC(=O)CCC(NC(=O)NC(CCC(=O)O)C(=O)O)C(=O)O)C(=O)O)Cc2n1cc[n+]2CC(=O)N(CC(=O)O)CC(=O)O. The van der Waals surface area contributed by atoms with Crippen molar-refractivity contribution in [3.63, 3.8) is 0 Å². The number of nitrogens with one attached hydrogen (secondary N) is 3. The van der Waals surface area contributed by atoms with Crippen LogP contribution >= 0.6 is 0 Å². The Morgan fingerprint density at radius 2 is 1.12 bits per heavy atom. The fourth-order valence-electron chi connectivity index (χ4n) is 7.92. The molecule has 3 heterocycles. The number of imidazole rings is 2. The third kappa shape index (κ3) is 15.7. The minimum atomic E-state index is -1.82. The molecule has 3 rings (SSSR count). The molecule has 0 fully saturated rings. The third-order valence-corrected chi connectivity index (χ3v) is 12.5. The highest BCUT2D eigenvalue weighted by Gasteiger charge is 2.52. The summed E-state index contributed by atoms with van der Waals surface area (Å²) in [5.74, 6) is -14.2. The van der Waals surface area contributed by atoms with Gasteiger partial charge in [0.1, 0.15) is 94.8 Å². The Bertz CT molecular complexity index is 2410. The molecule has 0 radical (unpaired) electrons. The van der Waals surface area contributed by atoms with Gasteiger partial charge in [-0.15, -0.1) is 0 Å². The van der Waals surface area contributed by atoms with Crippen molar-refractivity contribution in [2.75, 3.05) is 26.2 Å². The van der Waals surface area contributed by atoms with Crippen LogP contribution in [0.5, 0.6) is 0 Å². The van der Waals surface area contributed by atoms with Crippen molar-refractivity contribution in [1.29, 1.82) is 0 Å². The summed E-state index contributed by atoms with van der Waals surface area (Å²) in [7, 11) is 0. The van der Waals surface area contributed by atoms with E-state index in [1.54, 1.807) is 47.2 Å². The maximum Gasteiger partial charge on any atom is 0.326 e. The highest BCUT2D eigenvalue weighted by atomic mass is 16.4. The van der Waals surface area contributed by atoms with Crippen LogP contribution in [0.3, 0.4) is 0 Å². The Labute approximate surface area is 409 Å². The molecule has 1 aliphatic heterocycles. The molecule has 30 heteroatoms. The summed E-state index contributed by atoms with van der Waals surface area (Å²) in [6, 6.07) is -7.13. The molecule has 0 bridgehead atoms. The van der Waals surface area contributed by atoms with Crippen molar-refractivity contribution < 1.29 is 108 Å². The molecule has 0 aliphatic carbocycles. The number of amides is 5. The van der Waals surface area contributed by atoms with Gasteiger partial charge in [-0.3, -0.25) is 43.3 Å². The monoisotopic (exact) mass is 1020 g/mol. The fraction of sp³-hybridized carbons (Fsp3) is 0.571. The van der Waals surface area contributed by atoms with E-state index in [9.17, 15) is 93.3 Å². The molecule has 4 unspecified atom stereocenters. The minimum absolute atomic E-state index is 0.161. The Balaban J connectivity index is 2.10. The molecule has 11 N–H and O–H groups in total. The smallest absolute Gasteiger partial charge is 0.326 e. The van der Waals surface area contributed by atoms with Gasteiger partial charge in [0.05, 0.1) is 0 Å². The van der Waals surface area contributed by atoms with Gasteiger partial charge in [0.2, 0.25) is 5.91 Å². The van der Waals surface area contributed by atoms with Crippen LogP contribution < -0.4 is 25.1 Å². The maximum absolute atomic E-state index is 13.6. The van der Waals surface area contributed by atoms with Crippen molar-refractivity contribution in [1.82, 2.24) is 39.8 Å². The number of carbonyl (C=O) groups excluding carboxylic acids is 4. The van der Waals surface area contributed by atoms with Crippen LogP contribution in [0.2, 0.25) is 0 Å². The van der Waals surface area contributed by atoms with E-state index in [4.69, 9.17) is 5.11 Å². The molecule has 1 aliphatic rings. The number of hydrogen-bond acceptors (Lipinski definition) is 13. The number of nitrogens with zero attached hydrogens (tertiary/aromatic N) is 7. The Hall–Kier alpha value is -8.18. The van der Waals surface area contributed by atoms with Gasteiger partial charge in [-0.25, -0.2) is 37.4 Å². The molecule has 2 aromatic rings. The van der Waals surface area contributed by atoms with Crippen molar-refractivity contribution in [2.24, 2.45) is 5.41 Å². The molecule has 2 aromatic heterocycles. The molecule has 4 atom stereocenters. The standard InChI is InChI=1S/C42H58N10O20/c1-23-14-46-10-11-47(17-29(54)49(19-32(58)59)20-33(60)61)27(46)15-51(16-28-48(12-13-52(23)28)18-30(55)50(21-34(62)63)22-35(64)65)42(4,5)41(2,3)36(39(70)71)45-26(53)8-6-24(37(66)67)43-40(72)44-25(38(68)69)7-9-31(56)57/h10-13,23-25,36H,6-9,14-22H2,1-5H3,(H9-2,43,44,45,53,56,57,58,59,60,61,62,63,64,65,66,67,68,69,70,71,72)/p+2. The van der Waals surface area contributed by atoms with Crippen molar-refractivity contribution >= 4 is 71.5 Å². The summed E-state index contributed by atoms with van der Waals surface area (Å²) < 4.78 is 6.38.